The molecule has 0 aromatic heterocycles. The third-order valence-corrected chi connectivity index (χ3v) is 2.20. The Bertz CT molecular complexity index is 341. The van der Waals surface area contributed by atoms with E-state index >= 15 is 0 Å². The lowest BCUT2D eigenvalue weighted by Crippen LogP contribution is -1.94. The number of hydrogen-bond donors (Lipinski definition) is 1. The summed E-state index contributed by atoms with van der Waals surface area (Å²) in [7, 11) is -0.0156. The Morgan fingerprint density at radius 2 is 2.21 bits per heavy atom. The highest BCUT2D eigenvalue weighted by Gasteiger charge is 2.08. The Morgan fingerprint density at radius 3 is 2.79 bits per heavy atom. The van der Waals surface area contributed by atoms with Gasteiger partial charge in [0.15, 0.2) is 6.66 Å². The second-order valence-electron chi connectivity index (χ2n) is 2.79. The van der Waals surface area contributed by atoms with E-state index in [1.54, 1.807) is 19.2 Å². The van der Waals surface area contributed by atoms with Gasteiger partial charge in [0.2, 0.25) is 0 Å². The minimum atomic E-state index is -1.57. The minimum Gasteiger partial charge on any atom is -0.495 e. The Kier molecular flexibility index (Phi) is 3.86. The monoisotopic (exact) mass is 214 g/mol. The zero-order valence-electron chi connectivity index (χ0n) is 8.19. The number of rotatable bonds is 4. The second-order valence-corrected chi connectivity index (χ2v) is 3.93. The summed E-state index contributed by atoms with van der Waals surface area (Å²) in [6.45, 7) is 1.83. The average Bonchev–Trinajstić information content (AvgIpc) is 2.16. The van der Waals surface area contributed by atoms with Crippen molar-refractivity contribution in [2.24, 2.45) is 0 Å². The summed E-state index contributed by atoms with van der Waals surface area (Å²) in [5.41, 5.74) is 7.10. The van der Waals surface area contributed by atoms with Gasteiger partial charge in [-0.25, -0.2) is 0 Å². The molecule has 0 radical (unpaired) electrons. The maximum atomic E-state index is 10.7. The molecular formula is C9H13NO3P+. The van der Waals surface area contributed by atoms with Gasteiger partial charge >= 0.3 is 8.03 Å². The molecule has 0 saturated heterocycles. The number of nitrogens with two attached hydrogens (primary N) is 1. The van der Waals surface area contributed by atoms with Crippen molar-refractivity contribution in [1.29, 1.82) is 0 Å². The average molecular weight is 214 g/mol. The molecule has 0 aliphatic carbocycles. The highest BCUT2D eigenvalue weighted by molar-refractivity contribution is 7.38. The van der Waals surface area contributed by atoms with Gasteiger partial charge in [0, 0.05) is 0 Å². The first-order valence-electron chi connectivity index (χ1n) is 4.09. The van der Waals surface area contributed by atoms with E-state index in [0.717, 1.165) is 5.56 Å². The molecule has 0 aliphatic rings. The van der Waals surface area contributed by atoms with Gasteiger partial charge in [0.05, 0.1) is 12.8 Å². The van der Waals surface area contributed by atoms with E-state index in [0.29, 0.717) is 18.0 Å². The van der Waals surface area contributed by atoms with Gasteiger partial charge in [-0.3, -0.25) is 0 Å². The van der Waals surface area contributed by atoms with E-state index in [2.05, 4.69) is 0 Å². The largest absolute Gasteiger partial charge is 0.505 e. The van der Waals surface area contributed by atoms with E-state index < -0.39 is 8.03 Å². The van der Waals surface area contributed by atoms with E-state index in [1.165, 1.54) is 6.66 Å². The van der Waals surface area contributed by atoms with Crippen LogP contribution in [0.2, 0.25) is 0 Å². The number of anilines is 1. The molecular weight excluding hydrogens is 201 g/mol. The van der Waals surface area contributed by atoms with Crippen LogP contribution in [0.1, 0.15) is 5.56 Å². The summed E-state index contributed by atoms with van der Waals surface area (Å²) in [5.74, 6) is 0.609. The lowest BCUT2D eigenvalue weighted by atomic mass is 10.2. The maximum Gasteiger partial charge on any atom is 0.505 e. The van der Waals surface area contributed by atoms with Crippen LogP contribution in [-0.2, 0) is 15.7 Å². The second kappa shape index (κ2) is 4.94. The zero-order chi connectivity index (χ0) is 10.6. The van der Waals surface area contributed by atoms with Crippen LogP contribution in [-0.4, -0.2) is 13.8 Å². The highest BCUT2D eigenvalue weighted by Crippen LogP contribution is 2.25. The van der Waals surface area contributed by atoms with Crippen LogP contribution < -0.4 is 10.5 Å². The molecule has 4 nitrogen and oxygen atoms in total. The van der Waals surface area contributed by atoms with Crippen LogP contribution in [0, 0.1) is 0 Å². The van der Waals surface area contributed by atoms with Crippen LogP contribution in [0.25, 0.3) is 0 Å². The standard InChI is InChI=1S/C9H13NO3P/c1-12-9-5-7(3-4-8(9)10)6-13-14(2)11/h3-5H,6,10H2,1-2H3/q+1. The molecule has 1 rings (SSSR count). The first-order chi connectivity index (χ1) is 6.63. The summed E-state index contributed by atoms with van der Waals surface area (Å²) in [5, 5.41) is 0. The quantitative estimate of drug-likeness (QED) is 0.616. The fourth-order valence-electron chi connectivity index (χ4n) is 1.01. The third kappa shape index (κ3) is 2.98. The van der Waals surface area contributed by atoms with E-state index in [9.17, 15) is 4.57 Å². The molecule has 0 aliphatic heterocycles. The van der Waals surface area contributed by atoms with Crippen molar-refractivity contribution in [1.82, 2.24) is 0 Å². The van der Waals surface area contributed by atoms with Crippen LogP contribution >= 0.6 is 8.03 Å². The van der Waals surface area contributed by atoms with Crippen LogP contribution in [0.4, 0.5) is 5.69 Å². The Labute approximate surface area is 83.9 Å². The molecule has 76 valence electrons. The summed E-state index contributed by atoms with van der Waals surface area (Å²) in [4.78, 5) is 0. The molecule has 5 heteroatoms. The van der Waals surface area contributed by atoms with E-state index in [-0.39, 0.29) is 0 Å². The maximum absolute atomic E-state index is 10.7. The SMILES string of the molecule is COc1cc(CO[P+](C)=O)ccc1N. The van der Waals surface area contributed by atoms with Gasteiger partial charge in [-0.1, -0.05) is 6.07 Å². The zero-order valence-corrected chi connectivity index (χ0v) is 9.08. The highest BCUT2D eigenvalue weighted by atomic mass is 31.1. The van der Waals surface area contributed by atoms with Crippen molar-refractivity contribution in [2.75, 3.05) is 19.5 Å². The van der Waals surface area contributed by atoms with Crippen molar-refractivity contribution in [2.45, 2.75) is 6.61 Å². The van der Waals surface area contributed by atoms with E-state index in [4.69, 9.17) is 15.0 Å². The molecule has 0 spiro atoms. The van der Waals surface area contributed by atoms with Crippen molar-refractivity contribution >= 4 is 13.7 Å². The normalized spacial score (nSPS) is 11.1. The summed E-state index contributed by atoms with van der Waals surface area (Å²) in [6, 6.07) is 5.32. The van der Waals surface area contributed by atoms with Crippen LogP contribution in [0.3, 0.4) is 0 Å². The number of nitrogen functional groups attached to an aromatic ring is 1. The summed E-state index contributed by atoms with van der Waals surface area (Å²) >= 11 is 0. The van der Waals surface area contributed by atoms with Gasteiger partial charge < -0.3 is 10.5 Å². The Morgan fingerprint density at radius 1 is 1.50 bits per heavy atom. The van der Waals surface area contributed by atoms with Crippen LogP contribution in [0.5, 0.6) is 5.75 Å². The fraction of sp³-hybridized carbons (Fsp3) is 0.333. The van der Waals surface area contributed by atoms with Crippen molar-refractivity contribution in [3.05, 3.63) is 23.8 Å². The Hall–Kier alpha value is -1.12. The molecule has 1 atom stereocenters. The fourth-order valence-corrected chi connectivity index (χ4v) is 1.34. The topological polar surface area (TPSA) is 61.5 Å². The lowest BCUT2D eigenvalue weighted by Gasteiger charge is -2.05. The molecule has 0 saturated carbocycles. The summed E-state index contributed by atoms with van der Waals surface area (Å²) in [6.07, 6.45) is 0. The summed E-state index contributed by atoms with van der Waals surface area (Å²) < 4.78 is 20.7. The van der Waals surface area contributed by atoms with Gasteiger partial charge in [0.1, 0.15) is 12.4 Å². The molecule has 0 amide bonds. The smallest absolute Gasteiger partial charge is 0.495 e. The number of ether oxygens (including phenoxy) is 1. The lowest BCUT2D eigenvalue weighted by molar-refractivity contribution is 0.321. The van der Waals surface area contributed by atoms with Gasteiger partial charge in [-0.15, -0.1) is 4.52 Å². The molecule has 2 N–H and O–H groups in total. The van der Waals surface area contributed by atoms with Crippen LogP contribution in [0.15, 0.2) is 18.2 Å². The molecule has 1 aromatic rings. The molecule has 1 unspecified atom stereocenters. The predicted molar refractivity (Wildman–Crippen MR) is 55.7 cm³/mol. The number of hydrogen-bond acceptors (Lipinski definition) is 4. The van der Waals surface area contributed by atoms with Gasteiger partial charge in [0.25, 0.3) is 0 Å². The third-order valence-electron chi connectivity index (χ3n) is 1.71. The van der Waals surface area contributed by atoms with E-state index in [1.807, 2.05) is 6.07 Å². The van der Waals surface area contributed by atoms with Gasteiger partial charge in [-0.05, 0) is 22.3 Å². The Balaban J connectivity index is 2.74. The molecule has 1 aromatic carbocycles. The van der Waals surface area contributed by atoms with Crippen molar-refractivity contribution in [3.63, 3.8) is 0 Å². The molecule has 14 heavy (non-hydrogen) atoms. The first kappa shape index (κ1) is 11.0. The van der Waals surface area contributed by atoms with Gasteiger partial charge in [-0.2, -0.15) is 0 Å². The molecule has 0 heterocycles. The molecule has 0 fully saturated rings. The van der Waals surface area contributed by atoms with Crippen molar-refractivity contribution in [3.8, 4) is 5.75 Å². The first-order valence-corrected chi connectivity index (χ1v) is 5.72. The predicted octanol–water partition coefficient (Wildman–Crippen LogP) is 2.17. The minimum absolute atomic E-state index is 0.308. The number of benzene rings is 1. The molecule has 0 bridgehead atoms. The van der Waals surface area contributed by atoms with Crippen molar-refractivity contribution < 1.29 is 13.8 Å². The number of methoxy groups -OCH3 is 1.